The molecule has 1 atom stereocenters. The number of aromatic nitrogens is 2. The first-order valence-corrected chi connectivity index (χ1v) is 7.20. The van der Waals surface area contributed by atoms with Gasteiger partial charge in [0.25, 0.3) is 0 Å². The summed E-state index contributed by atoms with van der Waals surface area (Å²) < 4.78 is 0. The van der Waals surface area contributed by atoms with Crippen molar-refractivity contribution in [2.45, 2.75) is 51.0 Å². The average molecular weight is 246 g/mol. The van der Waals surface area contributed by atoms with E-state index >= 15 is 0 Å². The van der Waals surface area contributed by atoms with Crippen molar-refractivity contribution in [1.29, 1.82) is 0 Å². The van der Waals surface area contributed by atoms with Gasteiger partial charge in [-0.1, -0.05) is 6.42 Å². The number of aryl methyl sites for hydroxylation is 2. The molecular formula is C14H22N4. The fraction of sp³-hybridized carbons (Fsp3) is 0.714. The molecule has 0 spiro atoms. The Morgan fingerprint density at radius 1 is 1.22 bits per heavy atom. The van der Waals surface area contributed by atoms with Crippen LogP contribution in [0.5, 0.6) is 0 Å². The van der Waals surface area contributed by atoms with Crippen molar-refractivity contribution in [3.8, 4) is 0 Å². The van der Waals surface area contributed by atoms with Gasteiger partial charge in [0.2, 0.25) is 5.95 Å². The van der Waals surface area contributed by atoms with Gasteiger partial charge in [0, 0.05) is 31.0 Å². The van der Waals surface area contributed by atoms with E-state index in [0.717, 1.165) is 25.3 Å². The van der Waals surface area contributed by atoms with Crippen LogP contribution >= 0.6 is 0 Å². The Morgan fingerprint density at radius 2 is 2.11 bits per heavy atom. The van der Waals surface area contributed by atoms with Crippen LogP contribution in [0, 0.1) is 0 Å². The summed E-state index contributed by atoms with van der Waals surface area (Å²) in [5, 5.41) is 0. The second-order valence-corrected chi connectivity index (χ2v) is 5.43. The summed E-state index contributed by atoms with van der Waals surface area (Å²) in [4.78, 5) is 11.7. The SMILES string of the molecule is NCC1CCCN1c1ncc2c(n1)CCCCC2. The maximum Gasteiger partial charge on any atom is 0.225 e. The minimum atomic E-state index is 0.439. The van der Waals surface area contributed by atoms with Crippen LogP contribution in [-0.4, -0.2) is 29.1 Å². The van der Waals surface area contributed by atoms with Crippen LogP contribution in [0.3, 0.4) is 0 Å². The molecular weight excluding hydrogens is 224 g/mol. The summed E-state index contributed by atoms with van der Waals surface area (Å²) in [6.07, 6.45) is 10.6. The number of hydrogen-bond donors (Lipinski definition) is 1. The zero-order valence-corrected chi connectivity index (χ0v) is 10.9. The van der Waals surface area contributed by atoms with E-state index in [2.05, 4.69) is 16.1 Å². The first kappa shape index (κ1) is 11.9. The van der Waals surface area contributed by atoms with Crippen molar-refractivity contribution < 1.29 is 0 Å². The molecule has 1 aromatic heterocycles. The van der Waals surface area contributed by atoms with Crippen LogP contribution in [0.4, 0.5) is 5.95 Å². The molecule has 1 unspecified atom stereocenters. The molecule has 0 bridgehead atoms. The van der Waals surface area contributed by atoms with E-state index in [1.54, 1.807) is 0 Å². The maximum absolute atomic E-state index is 5.83. The number of hydrogen-bond acceptors (Lipinski definition) is 4. The fourth-order valence-corrected chi connectivity index (χ4v) is 3.12. The monoisotopic (exact) mass is 246 g/mol. The van der Waals surface area contributed by atoms with Gasteiger partial charge < -0.3 is 10.6 Å². The van der Waals surface area contributed by atoms with Crippen molar-refractivity contribution in [1.82, 2.24) is 9.97 Å². The molecule has 98 valence electrons. The van der Waals surface area contributed by atoms with Crippen molar-refractivity contribution in [2.24, 2.45) is 5.73 Å². The van der Waals surface area contributed by atoms with Gasteiger partial charge >= 0.3 is 0 Å². The highest BCUT2D eigenvalue weighted by Gasteiger charge is 2.26. The van der Waals surface area contributed by atoms with E-state index in [9.17, 15) is 0 Å². The smallest absolute Gasteiger partial charge is 0.225 e. The van der Waals surface area contributed by atoms with Crippen molar-refractivity contribution in [3.63, 3.8) is 0 Å². The molecule has 2 N–H and O–H groups in total. The zero-order valence-electron chi connectivity index (χ0n) is 10.9. The van der Waals surface area contributed by atoms with Crippen LogP contribution in [-0.2, 0) is 12.8 Å². The second-order valence-electron chi connectivity index (χ2n) is 5.43. The lowest BCUT2D eigenvalue weighted by Gasteiger charge is -2.24. The van der Waals surface area contributed by atoms with E-state index in [1.807, 2.05) is 0 Å². The summed E-state index contributed by atoms with van der Waals surface area (Å²) in [5.41, 5.74) is 8.47. The topological polar surface area (TPSA) is 55.0 Å². The lowest BCUT2D eigenvalue weighted by molar-refractivity contribution is 0.661. The quantitative estimate of drug-likeness (QED) is 0.807. The van der Waals surface area contributed by atoms with Gasteiger partial charge in [-0.05, 0) is 44.1 Å². The Hall–Kier alpha value is -1.16. The number of anilines is 1. The van der Waals surface area contributed by atoms with Gasteiger partial charge in [0.05, 0.1) is 0 Å². The highest BCUT2D eigenvalue weighted by molar-refractivity contribution is 5.36. The predicted molar refractivity (Wildman–Crippen MR) is 72.7 cm³/mol. The standard InChI is InChI=1S/C14H22N4/c15-9-12-6-4-8-18(12)14-16-10-11-5-2-1-3-7-13(11)17-14/h10,12H,1-9,15H2. The third kappa shape index (κ3) is 2.21. The Morgan fingerprint density at radius 3 is 3.00 bits per heavy atom. The van der Waals surface area contributed by atoms with Gasteiger partial charge in [-0.15, -0.1) is 0 Å². The highest BCUT2D eigenvalue weighted by atomic mass is 15.3. The summed E-state index contributed by atoms with van der Waals surface area (Å²) in [5.74, 6) is 0.906. The lowest BCUT2D eigenvalue weighted by Crippen LogP contribution is -2.36. The van der Waals surface area contributed by atoms with Crippen LogP contribution in [0.15, 0.2) is 6.20 Å². The minimum Gasteiger partial charge on any atom is -0.337 e. The zero-order chi connectivity index (χ0) is 12.4. The van der Waals surface area contributed by atoms with Crippen molar-refractivity contribution in [2.75, 3.05) is 18.0 Å². The highest BCUT2D eigenvalue weighted by Crippen LogP contribution is 2.24. The Labute approximate surface area is 109 Å². The summed E-state index contributed by atoms with van der Waals surface area (Å²) in [7, 11) is 0. The van der Waals surface area contributed by atoms with E-state index < -0.39 is 0 Å². The Bertz CT molecular complexity index is 418. The van der Waals surface area contributed by atoms with E-state index in [0.29, 0.717) is 12.6 Å². The predicted octanol–water partition coefficient (Wildman–Crippen LogP) is 1.67. The van der Waals surface area contributed by atoms with Gasteiger partial charge in [-0.3, -0.25) is 0 Å². The third-order valence-corrected chi connectivity index (χ3v) is 4.21. The molecule has 1 aliphatic heterocycles. The van der Waals surface area contributed by atoms with E-state index in [-0.39, 0.29) is 0 Å². The molecule has 4 nitrogen and oxygen atoms in total. The van der Waals surface area contributed by atoms with E-state index in [4.69, 9.17) is 10.7 Å². The van der Waals surface area contributed by atoms with Gasteiger partial charge in [-0.2, -0.15) is 0 Å². The molecule has 1 saturated heterocycles. The van der Waals surface area contributed by atoms with E-state index in [1.165, 1.54) is 43.4 Å². The molecule has 18 heavy (non-hydrogen) atoms. The first-order valence-electron chi connectivity index (χ1n) is 7.20. The number of rotatable bonds is 2. The molecule has 0 radical (unpaired) electrons. The maximum atomic E-state index is 5.83. The average Bonchev–Trinajstić information content (AvgIpc) is 2.76. The Kier molecular flexibility index (Phi) is 3.46. The van der Waals surface area contributed by atoms with Gasteiger partial charge in [0.1, 0.15) is 0 Å². The largest absolute Gasteiger partial charge is 0.337 e. The number of nitrogens with two attached hydrogens (primary N) is 1. The second kappa shape index (κ2) is 5.22. The van der Waals surface area contributed by atoms with Crippen LogP contribution < -0.4 is 10.6 Å². The number of nitrogens with zero attached hydrogens (tertiary/aromatic N) is 3. The van der Waals surface area contributed by atoms with Gasteiger partial charge in [-0.25, -0.2) is 9.97 Å². The molecule has 0 saturated carbocycles. The summed E-state index contributed by atoms with van der Waals surface area (Å²) >= 11 is 0. The fourth-order valence-electron chi connectivity index (χ4n) is 3.12. The van der Waals surface area contributed by atoms with Gasteiger partial charge in [0.15, 0.2) is 0 Å². The summed E-state index contributed by atoms with van der Waals surface area (Å²) in [6.45, 7) is 1.76. The molecule has 1 aromatic rings. The van der Waals surface area contributed by atoms with Crippen molar-refractivity contribution in [3.05, 3.63) is 17.5 Å². The van der Waals surface area contributed by atoms with Crippen LogP contribution in [0.1, 0.15) is 43.4 Å². The molecule has 4 heteroatoms. The molecule has 3 rings (SSSR count). The summed E-state index contributed by atoms with van der Waals surface area (Å²) in [6, 6.07) is 0.439. The minimum absolute atomic E-state index is 0.439. The molecule has 1 aliphatic carbocycles. The van der Waals surface area contributed by atoms with Crippen molar-refractivity contribution >= 4 is 5.95 Å². The Balaban J connectivity index is 1.87. The number of fused-ring (bicyclic) bond motifs is 1. The lowest BCUT2D eigenvalue weighted by atomic mass is 10.1. The normalized spacial score (nSPS) is 23.8. The molecule has 1 fully saturated rings. The molecule has 0 aromatic carbocycles. The molecule has 2 heterocycles. The van der Waals surface area contributed by atoms with Crippen LogP contribution in [0.25, 0.3) is 0 Å². The molecule has 0 amide bonds. The first-order chi connectivity index (χ1) is 8.88. The third-order valence-electron chi connectivity index (χ3n) is 4.21. The molecule has 2 aliphatic rings. The van der Waals surface area contributed by atoms with Crippen LogP contribution in [0.2, 0.25) is 0 Å².